The van der Waals surface area contributed by atoms with Gasteiger partial charge in [0, 0.05) is 6.04 Å². The molecule has 1 aromatic rings. The molecule has 2 heteroatoms. The molecule has 0 unspecified atom stereocenters. The van der Waals surface area contributed by atoms with E-state index in [4.69, 9.17) is 4.42 Å². The highest BCUT2D eigenvalue weighted by molar-refractivity contribution is 6.75. The Labute approximate surface area is 75.8 Å². The van der Waals surface area contributed by atoms with Crippen molar-refractivity contribution >= 4 is 8.07 Å². The molecule has 12 heavy (non-hydrogen) atoms. The Kier molecular flexibility index (Phi) is 2.78. The van der Waals surface area contributed by atoms with Gasteiger partial charge in [-0.3, -0.25) is 0 Å². The molecule has 1 nitrogen and oxygen atoms in total. The minimum atomic E-state index is -0.991. The Morgan fingerprint density at radius 2 is 2.00 bits per heavy atom. The molecule has 0 atom stereocenters. The van der Waals surface area contributed by atoms with E-state index in [1.54, 1.807) is 0 Å². The molecule has 0 N–H and O–H groups in total. The van der Waals surface area contributed by atoms with Gasteiger partial charge in [0.25, 0.3) is 0 Å². The van der Waals surface area contributed by atoms with Crippen molar-refractivity contribution in [3.8, 4) is 0 Å². The molecule has 68 valence electrons. The molecule has 1 heterocycles. The van der Waals surface area contributed by atoms with Crippen LogP contribution in [0.3, 0.4) is 0 Å². The quantitative estimate of drug-likeness (QED) is 0.654. The Morgan fingerprint density at radius 3 is 2.42 bits per heavy atom. The first kappa shape index (κ1) is 9.58. The molecular weight excluding hydrogens is 164 g/mol. The van der Waals surface area contributed by atoms with Crippen molar-refractivity contribution in [3.05, 3.63) is 23.7 Å². The van der Waals surface area contributed by atoms with Crippen LogP contribution < -0.4 is 0 Å². The van der Waals surface area contributed by atoms with Crippen LogP contribution in [-0.2, 0) is 12.5 Å². The molecule has 0 aliphatic carbocycles. The zero-order valence-electron chi connectivity index (χ0n) is 8.48. The van der Waals surface area contributed by atoms with Crippen LogP contribution in [0.1, 0.15) is 18.2 Å². The molecule has 1 aromatic heterocycles. The molecule has 0 saturated heterocycles. The van der Waals surface area contributed by atoms with Crippen LogP contribution in [0.25, 0.3) is 0 Å². The molecule has 0 amide bonds. The molecule has 0 spiro atoms. The third-order valence-electron chi connectivity index (χ3n) is 1.82. The lowest BCUT2D eigenvalue weighted by Gasteiger charge is -2.12. The Morgan fingerprint density at radius 1 is 1.33 bits per heavy atom. The van der Waals surface area contributed by atoms with Gasteiger partial charge in [0.1, 0.15) is 5.76 Å². The second-order valence-electron chi connectivity index (χ2n) is 4.51. The first-order chi connectivity index (χ1) is 5.51. The van der Waals surface area contributed by atoms with Crippen molar-refractivity contribution in [1.29, 1.82) is 0 Å². The van der Waals surface area contributed by atoms with E-state index in [2.05, 4.69) is 32.6 Å². The third-order valence-corrected chi connectivity index (χ3v) is 3.23. The van der Waals surface area contributed by atoms with Crippen LogP contribution in [0.2, 0.25) is 19.6 Å². The topological polar surface area (TPSA) is 13.1 Å². The summed E-state index contributed by atoms with van der Waals surface area (Å²) in [5.74, 6) is 1.17. The van der Waals surface area contributed by atoms with Crippen LogP contribution >= 0.6 is 0 Å². The highest BCUT2D eigenvalue weighted by Gasteiger charge is 2.15. The van der Waals surface area contributed by atoms with E-state index in [0.717, 1.165) is 12.5 Å². The molecule has 0 saturated carbocycles. The van der Waals surface area contributed by atoms with Gasteiger partial charge in [-0.2, -0.15) is 0 Å². The van der Waals surface area contributed by atoms with Crippen molar-refractivity contribution in [2.24, 2.45) is 0 Å². The van der Waals surface area contributed by atoms with E-state index in [1.807, 2.05) is 6.26 Å². The van der Waals surface area contributed by atoms with Crippen LogP contribution in [0.4, 0.5) is 0 Å². The summed E-state index contributed by atoms with van der Waals surface area (Å²) in [6.45, 7) is 9.24. The van der Waals surface area contributed by atoms with Crippen LogP contribution in [0.5, 0.6) is 0 Å². The van der Waals surface area contributed by atoms with Gasteiger partial charge in [-0.05, 0) is 18.1 Å². The smallest absolute Gasteiger partial charge is 0.101 e. The third kappa shape index (κ3) is 2.86. The second-order valence-corrected chi connectivity index (χ2v) is 9.99. The molecular formula is C10H18OSi. The number of furan rings is 1. The molecule has 0 aromatic carbocycles. The van der Waals surface area contributed by atoms with E-state index >= 15 is 0 Å². The Balaban J connectivity index is 2.64. The van der Waals surface area contributed by atoms with Gasteiger partial charge in [0.15, 0.2) is 0 Å². The summed E-state index contributed by atoms with van der Waals surface area (Å²) in [7, 11) is -0.991. The summed E-state index contributed by atoms with van der Waals surface area (Å²) in [5, 5.41) is 0. The lowest BCUT2D eigenvalue weighted by Crippen LogP contribution is -2.23. The van der Waals surface area contributed by atoms with Crippen LogP contribution in [0, 0.1) is 0 Å². The zero-order chi connectivity index (χ0) is 9.19. The summed E-state index contributed by atoms with van der Waals surface area (Å²) in [5.41, 5.74) is 1.32. The average Bonchev–Trinajstić information content (AvgIpc) is 2.32. The van der Waals surface area contributed by atoms with Gasteiger partial charge in [0.05, 0.1) is 14.3 Å². The van der Waals surface area contributed by atoms with E-state index < -0.39 is 8.07 Å². The fraction of sp³-hybridized carbons (Fsp3) is 0.600. The normalized spacial score (nSPS) is 12.0. The van der Waals surface area contributed by atoms with Gasteiger partial charge in [-0.1, -0.05) is 26.6 Å². The number of aryl methyl sites for hydroxylation is 1. The van der Waals surface area contributed by atoms with E-state index in [9.17, 15) is 0 Å². The summed E-state index contributed by atoms with van der Waals surface area (Å²) < 4.78 is 5.47. The second kappa shape index (κ2) is 3.48. The van der Waals surface area contributed by atoms with E-state index in [1.165, 1.54) is 11.3 Å². The monoisotopic (exact) mass is 182 g/mol. The summed E-state index contributed by atoms with van der Waals surface area (Å²) in [6, 6.07) is 3.35. The van der Waals surface area contributed by atoms with Gasteiger partial charge in [-0.25, -0.2) is 0 Å². The van der Waals surface area contributed by atoms with Crippen molar-refractivity contribution in [3.63, 3.8) is 0 Å². The van der Waals surface area contributed by atoms with Gasteiger partial charge < -0.3 is 4.42 Å². The molecule has 0 radical (unpaired) electrons. The lowest BCUT2D eigenvalue weighted by molar-refractivity contribution is 0.525. The van der Waals surface area contributed by atoms with Crippen molar-refractivity contribution in [2.45, 2.75) is 39.0 Å². The minimum absolute atomic E-state index is 0.991. The predicted octanol–water partition coefficient (Wildman–Crippen LogP) is 3.26. The van der Waals surface area contributed by atoms with E-state index in [-0.39, 0.29) is 0 Å². The fourth-order valence-electron chi connectivity index (χ4n) is 1.23. The number of hydrogen-bond acceptors (Lipinski definition) is 1. The minimum Gasteiger partial charge on any atom is -0.469 e. The Bertz CT molecular complexity index is 245. The number of hydrogen-bond donors (Lipinski definition) is 0. The van der Waals surface area contributed by atoms with Gasteiger partial charge in [0.2, 0.25) is 0 Å². The molecule has 1 rings (SSSR count). The number of rotatable bonds is 3. The summed E-state index contributed by atoms with van der Waals surface area (Å²) in [4.78, 5) is 0. The molecule has 0 aliphatic heterocycles. The predicted molar refractivity (Wildman–Crippen MR) is 55.1 cm³/mol. The van der Waals surface area contributed by atoms with Gasteiger partial charge in [-0.15, -0.1) is 0 Å². The first-order valence-corrected chi connectivity index (χ1v) is 8.28. The van der Waals surface area contributed by atoms with Gasteiger partial charge >= 0.3 is 0 Å². The molecule has 0 bridgehead atoms. The standard InChI is InChI=1S/C10H18OSi/c1-5-9-6-10(11-7-9)8-12(2,3)4/h6-7H,5,8H2,1-4H3. The first-order valence-electron chi connectivity index (χ1n) is 4.57. The van der Waals surface area contributed by atoms with Crippen LogP contribution in [-0.4, -0.2) is 8.07 Å². The van der Waals surface area contributed by atoms with Crippen molar-refractivity contribution in [1.82, 2.24) is 0 Å². The van der Waals surface area contributed by atoms with Crippen molar-refractivity contribution in [2.75, 3.05) is 0 Å². The largest absolute Gasteiger partial charge is 0.469 e. The molecule has 0 aliphatic rings. The summed E-state index contributed by atoms with van der Waals surface area (Å²) in [6.07, 6.45) is 2.96. The fourth-order valence-corrected chi connectivity index (χ4v) is 2.46. The van der Waals surface area contributed by atoms with Crippen LogP contribution in [0.15, 0.2) is 16.7 Å². The SMILES string of the molecule is CCc1coc(C[Si](C)(C)C)c1. The maximum absolute atomic E-state index is 5.47. The Hall–Kier alpha value is -0.503. The summed E-state index contributed by atoms with van der Waals surface area (Å²) >= 11 is 0. The zero-order valence-corrected chi connectivity index (χ0v) is 9.48. The highest BCUT2D eigenvalue weighted by atomic mass is 28.3. The van der Waals surface area contributed by atoms with Crippen molar-refractivity contribution < 1.29 is 4.42 Å². The maximum atomic E-state index is 5.47. The molecule has 0 fully saturated rings. The lowest BCUT2D eigenvalue weighted by atomic mass is 10.2. The highest BCUT2D eigenvalue weighted by Crippen LogP contribution is 2.14. The van der Waals surface area contributed by atoms with E-state index in [0.29, 0.717) is 0 Å². The maximum Gasteiger partial charge on any atom is 0.101 e. The average molecular weight is 182 g/mol.